The largest absolute Gasteiger partial charge is 0.338 e. The maximum Gasteiger partial charge on any atom is 0.240 e. The fraction of sp³-hybridized carbons (Fsp3) is 0.833. The van der Waals surface area contributed by atoms with Gasteiger partial charge in [-0.15, -0.1) is 0 Å². The lowest BCUT2D eigenvalue weighted by atomic mass is 10.1. The highest BCUT2D eigenvalue weighted by molar-refractivity contribution is 4.87. The summed E-state index contributed by atoms with van der Waals surface area (Å²) in [5.41, 5.74) is 0. The number of rotatable bonds is 5. The van der Waals surface area contributed by atoms with E-state index in [4.69, 9.17) is 4.52 Å². The number of hydrogen-bond acceptors (Lipinski definition) is 5. The minimum Gasteiger partial charge on any atom is -0.338 e. The van der Waals surface area contributed by atoms with Gasteiger partial charge in [0.1, 0.15) is 0 Å². The topological polar surface area (TPSA) is 54.2 Å². The summed E-state index contributed by atoms with van der Waals surface area (Å²) in [6.07, 6.45) is 4.36. The predicted molar refractivity (Wildman–Crippen MR) is 65.7 cm³/mol. The van der Waals surface area contributed by atoms with Crippen molar-refractivity contribution < 1.29 is 4.52 Å². The summed E-state index contributed by atoms with van der Waals surface area (Å²) < 4.78 is 5.26. The molecule has 0 aromatic carbocycles. The second-order valence-electron chi connectivity index (χ2n) is 4.75. The first kappa shape index (κ1) is 12.5. The molecule has 1 fully saturated rings. The van der Waals surface area contributed by atoms with Gasteiger partial charge < -0.3 is 9.84 Å². The minimum atomic E-state index is 0.637. The highest BCUT2D eigenvalue weighted by Crippen LogP contribution is 2.12. The summed E-state index contributed by atoms with van der Waals surface area (Å²) >= 11 is 0. The quantitative estimate of drug-likeness (QED) is 0.835. The van der Waals surface area contributed by atoms with E-state index in [9.17, 15) is 0 Å². The van der Waals surface area contributed by atoms with Crippen LogP contribution in [0.5, 0.6) is 0 Å². The van der Waals surface area contributed by atoms with Crippen molar-refractivity contribution in [3.05, 3.63) is 11.7 Å². The first-order valence-electron chi connectivity index (χ1n) is 6.52. The van der Waals surface area contributed by atoms with Gasteiger partial charge in [-0.25, -0.2) is 0 Å². The number of piperidine rings is 1. The lowest BCUT2D eigenvalue weighted by Crippen LogP contribution is -2.40. The van der Waals surface area contributed by atoms with E-state index in [1.165, 1.54) is 12.8 Å². The SMILES string of the molecule is CCCc1noc(CN(C)C2CCNCC2)n1. The molecule has 0 spiro atoms. The summed E-state index contributed by atoms with van der Waals surface area (Å²) in [6.45, 7) is 5.11. The predicted octanol–water partition coefficient (Wildman–Crippen LogP) is 1.21. The van der Waals surface area contributed by atoms with Crippen LogP contribution in [0.3, 0.4) is 0 Å². The van der Waals surface area contributed by atoms with Crippen molar-refractivity contribution in [2.75, 3.05) is 20.1 Å². The van der Waals surface area contributed by atoms with Gasteiger partial charge in [-0.3, -0.25) is 4.90 Å². The molecule has 96 valence electrons. The third kappa shape index (κ3) is 3.51. The zero-order valence-electron chi connectivity index (χ0n) is 10.8. The lowest BCUT2D eigenvalue weighted by Gasteiger charge is -2.30. The number of aromatic nitrogens is 2. The van der Waals surface area contributed by atoms with Gasteiger partial charge in [-0.2, -0.15) is 4.98 Å². The number of nitrogens with zero attached hydrogens (tertiary/aromatic N) is 3. The maximum absolute atomic E-state index is 5.26. The van der Waals surface area contributed by atoms with E-state index in [0.29, 0.717) is 6.04 Å². The minimum absolute atomic E-state index is 0.637. The molecule has 5 nitrogen and oxygen atoms in total. The van der Waals surface area contributed by atoms with Crippen molar-refractivity contribution in [2.24, 2.45) is 0 Å². The number of aryl methyl sites for hydroxylation is 1. The van der Waals surface area contributed by atoms with Gasteiger partial charge in [0.25, 0.3) is 0 Å². The summed E-state index contributed by atoms with van der Waals surface area (Å²) in [4.78, 5) is 6.72. The van der Waals surface area contributed by atoms with Crippen molar-refractivity contribution in [1.29, 1.82) is 0 Å². The molecule has 1 aliphatic rings. The Labute approximate surface area is 103 Å². The Morgan fingerprint density at radius 1 is 1.41 bits per heavy atom. The fourth-order valence-electron chi connectivity index (χ4n) is 2.27. The van der Waals surface area contributed by atoms with Gasteiger partial charge in [-0.05, 0) is 39.4 Å². The van der Waals surface area contributed by atoms with Crippen LogP contribution in [0, 0.1) is 0 Å². The van der Waals surface area contributed by atoms with E-state index < -0.39 is 0 Å². The molecule has 0 bridgehead atoms. The third-order valence-corrected chi connectivity index (χ3v) is 3.30. The van der Waals surface area contributed by atoms with Crippen LogP contribution in [-0.4, -0.2) is 41.2 Å². The van der Waals surface area contributed by atoms with Crippen molar-refractivity contribution in [1.82, 2.24) is 20.4 Å². The Morgan fingerprint density at radius 3 is 2.88 bits per heavy atom. The molecule has 0 amide bonds. The van der Waals surface area contributed by atoms with Crippen LogP contribution in [0.2, 0.25) is 0 Å². The summed E-state index contributed by atoms with van der Waals surface area (Å²) in [6, 6.07) is 0.637. The molecule has 0 saturated carbocycles. The van der Waals surface area contributed by atoms with E-state index in [-0.39, 0.29) is 0 Å². The van der Waals surface area contributed by atoms with E-state index in [2.05, 4.69) is 34.3 Å². The Morgan fingerprint density at radius 2 is 2.18 bits per heavy atom. The van der Waals surface area contributed by atoms with E-state index in [0.717, 1.165) is 44.2 Å². The van der Waals surface area contributed by atoms with Gasteiger partial charge >= 0.3 is 0 Å². The summed E-state index contributed by atoms with van der Waals surface area (Å²) in [7, 11) is 2.14. The zero-order valence-corrected chi connectivity index (χ0v) is 10.8. The van der Waals surface area contributed by atoms with Crippen LogP contribution in [-0.2, 0) is 13.0 Å². The van der Waals surface area contributed by atoms with Gasteiger partial charge in [0, 0.05) is 12.5 Å². The Hall–Kier alpha value is -0.940. The average Bonchev–Trinajstić information content (AvgIpc) is 2.78. The van der Waals surface area contributed by atoms with Gasteiger partial charge in [0.15, 0.2) is 5.82 Å². The van der Waals surface area contributed by atoms with Crippen LogP contribution in [0.4, 0.5) is 0 Å². The first-order chi connectivity index (χ1) is 8.29. The molecule has 1 saturated heterocycles. The highest BCUT2D eigenvalue weighted by Gasteiger charge is 2.19. The molecule has 2 rings (SSSR count). The monoisotopic (exact) mass is 238 g/mol. The molecule has 1 N–H and O–H groups in total. The van der Waals surface area contributed by atoms with E-state index >= 15 is 0 Å². The van der Waals surface area contributed by atoms with Gasteiger partial charge in [0.05, 0.1) is 6.54 Å². The molecular weight excluding hydrogens is 216 g/mol. The van der Waals surface area contributed by atoms with Crippen LogP contribution in [0.1, 0.15) is 37.9 Å². The van der Waals surface area contributed by atoms with Crippen molar-refractivity contribution in [2.45, 2.75) is 45.2 Å². The normalized spacial score (nSPS) is 17.8. The molecule has 0 radical (unpaired) electrons. The molecule has 5 heteroatoms. The summed E-state index contributed by atoms with van der Waals surface area (Å²) in [5.74, 6) is 1.58. The zero-order chi connectivity index (χ0) is 12.1. The van der Waals surface area contributed by atoms with Crippen molar-refractivity contribution in [3.63, 3.8) is 0 Å². The van der Waals surface area contributed by atoms with Crippen LogP contribution in [0.15, 0.2) is 4.52 Å². The second-order valence-corrected chi connectivity index (χ2v) is 4.75. The first-order valence-corrected chi connectivity index (χ1v) is 6.52. The highest BCUT2D eigenvalue weighted by atomic mass is 16.5. The molecular formula is C12H22N4O. The Kier molecular flexibility index (Phi) is 4.50. The third-order valence-electron chi connectivity index (χ3n) is 3.30. The molecule has 1 aliphatic heterocycles. The fourth-order valence-corrected chi connectivity index (χ4v) is 2.27. The molecule has 17 heavy (non-hydrogen) atoms. The average molecular weight is 238 g/mol. The van der Waals surface area contributed by atoms with E-state index in [1.54, 1.807) is 0 Å². The molecule has 1 aromatic heterocycles. The molecule has 2 heterocycles. The van der Waals surface area contributed by atoms with Crippen LogP contribution >= 0.6 is 0 Å². The Bertz CT molecular complexity index is 333. The van der Waals surface area contributed by atoms with Gasteiger partial charge in [-0.1, -0.05) is 12.1 Å². The van der Waals surface area contributed by atoms with Crippen molar-refractivity contribution in [3.8, 4) is 0 Å². The standard InChI is InChI=1S/C12H22N4O/c1-3-4-11-14-12(17-15-11)9-16(2)10-5-7-13-8-6-10/h10,13H,3-9H2,1-2H3. The molecule has 0 aliphatic carbocycles. The molecule has 0 atom stereocenters. The van der Waals surface area contributed by atoms with Gasteiger partial charge in [0.2, 0.25) is 5.89 Å². The van der Waals surface area contributed by atoms with Crippen LogP contribution < -0.4 is 5.32 Å². The lowest BCUT2D eigenvalue weighted by molar-refractivity contribution is 0.171. The van der Waals surface area contributed by atoms with E-state index in [1.807, 2.05) is 0 Å². The molecule has 1 aromatic rings. The maximum atomic E-state index is 5.26. The Balaban J connectivity index is 1.85. The smallest absolute Gasteiger partial charge is 0.240 e. The van der Waals surface area contributed by atoms with Crippen LogP contribution in [0.25, 0.3) is 0 Å². The van der Waals surface area contributed by atoms with Crippen molar-refractivity contribution >= 4 is 0 Å². The second kappa shape index (κ2) is 6.12. The molecule has 0 unspecified atom stereocenters. The number of hydrogen-bond donors (Lipinski definition) is 1. The summed E-state index contributed by atoms with van der Waals surface area (Å²) in [5, 5.41) is 7.36. The number of nitrogens with one attached hydrogen (secondary N) is 1.